The highest BCUT2D eigenvalue weighted by molar-refractivity contribution is 5.92. The fourth-order valence-corrected chi connectivity index (χ4v) is 5.26. The van der Waals surface area contributed by atoms with Crippen molar-refractivity contribution >= 4 is 34.1 Å². The number of rotatable bonds is 13. The molecule has 1 fully saturated rings. The number of methoxy groups -OCH3 is 1. The van der Waals surface area contributed by atoms with Crippen molar-refractivity contribution in [2.45, 2.75) is 38.5 Å². The highest BCUT2D eigenvalue weighted by Crippen LogP contribution is 2.38. The molecule has 3 aromatic carbocycles. The number of aromatic nitrogens is 1. The summed E-state index contributed by atoms with van der Waals surface area (Å²) in [5.41, 5.74) is 1.42. The molecule has 5 rings (SSSR count). The number of fused-ring (bicyclic) bond motifs is 1. The highest BCUT2D eigenvalue weighted by atomic mass is 19.1. The van der Waals surface area contributed by atoms with Crippen LogP contribution in [0.3, 0.4) is 0 Å². The third kappa shape index (κ3) is 8.91. The minimum atomic E-state index is -0.648. The number of halogens is 2. The molecule has 0 atom stereocenters. The second kappa shape index (κ2) is 15.5. The molecule has 11 heteroatoms. The number of piperidine rings is 1. The molecule has 2 heterocycles. The highest BCUT2D eigenvalue weighted by Gasteiger charge is 2.19. The standard InChI is InChI=1S/C35H38F2N4O5/c1-41-17-14-23(15-18-41)22-45-33-21-29-27(20-32(33)44-2)30(13-16-38-29)46-31-12-11-26(19-28(31)37)40-35(43)6-4-3-5-34(42)39-25-9-7-24(36)8-10-25/h7-13,16,19-21,23H,3-6,14-15,17-18,22H2,1-2H3,(H,39,42)(H,40,43). The van der Waals surface area contributed by atoms with Gasteiger partial charge in [0.2, 0.25) is 11.8 Å². The van der Waals surface area contributed by atoms with Gasteiger partial charge in [0.15, 0.2) is 23.1 Å². The van der Waals surface area contributed by atoms with Crippen molar-refractivity contribution in [3.8, 4) is 23.0 Å². The van der Waals surface area contributed by atoms with E-state index in [9.17, 15) is 14.0 Å². The molecular formula is C35H38F2N4O5. The predicted molar refractivity (Wildman–Crippen MR) is 173 cm³/mol. The molecule has 9 nitrogen and oxygen atoms in total. The monoisotopic (exact) mass is 632 g/mol. The summed E-state index contributed by atoms with van der Waals surface area (Å²) in [7, 11) is 3.70. The van der Waals surface area contributed by atoms with Gasteiger partial charge < -0.3 is 29.7 Å². The summed E-state index contributed by atoms with van der Waals surface area (Å²) < 4.78 is 45.8. The van der Waals surface area contributed by atoms with Crippen molar-refractivity contribution in [2.75, 3.05) is 44.5 Å². The molecule has 2 N–H and O–H groups in total. The Hall–Kier alpha value is -4.77. The van der Waals surface area contributed by atoms with Crippen LogP contribution in [0.5, 0.6) is 23.0 Å². The minimum Gasteiger partial charge on any atom is -0.493 e. The zero-order chi connectivity index (χ0) is 32.5. The maximum absolute atomic E-state index is 15.1. The molecule has 242 valence electrons. The molecule has 0 spiro atoms. The van der Waals surface area contributed by atoms with Crippen LogP contribution in [-0.4, -0.2) is 55.6 Å². The van der Waals surface area contributed by atoms with Crippen molar-refractivity contribution in [3.63, 3.8) is 0 Å². The minimum absolute atomic E-state index is 0.0146. The van der Waals surface area contributed by atoms with Crippen LogP contribution >= 0.6 is 0 Å². The number of anilines is 2. The van der Waals surface area contributed by atoms with Gasteiger partial charge in [0.25, 0.3) is 0 Å². The molecule has 1 aliphatic rings. The van der Waals surface area contributed by atoms with Gasteiger partial charge >= 0.3 is 0 Å². The van der Waals surface area contributed by atoms with Gasteiger partial charge in [0, 0.05) is 47.9 Å². The van der Waals surface area contributed by atoms with Gasteiger partial charge in [0.05, 0.1) is 19.2 Å². The van der Waals surface area contributed by atoms with E-state index in [1.165, 1.54) is 36.4 Å². The smallest absolute Gasteiger partial charge is 0.224 e. The number of hydrogen-bond donors (Lipinski definition) is 2. The van der Waals surface area contributed by atoms with E-state index in [0.717, 1.165) is 25.9 Å². The summed E-state index contributed by atoms with van der Waals surface area (Å²) >= 11 is 0. The van der Waals surface area contributed by atoms with Gasteiger partial charge in [0.1, 0.15) is 11.6 Å². The van der Waals surface area contributed by atoms with Gasteiger partial charge in [-0.3, -0.25) is 14.6 Å². The van der Waals surface area contributed by atoms with Crippen molar-refractivity contribution in [1.82, 2.24) is 9.88 Å². The van der Waals surface area contributed by atoms with Crippen LogP contribution in [0.1, 0.15) is 38.5 Å². The number of benzene rings is 3. The Balaban J connectivity index is 1.14. The first-order valence-corrected chi connectivity index (χ1v) is 15.4. The lowest BCUT2D eigenvalue weighted by atomic mass is 9.98. The molecule has 0 unspecified atom stereocenters. The maximum Gasteiger partial charge on any atom is 0.224 e. The predicted octanol–water partition coefficient (Wildman–Crippen LogP) is 7.17. The summed E-state index contributed by atoms with van der Waals surface area (Å²) in [5.74, 6) is 0.433. The Kier molecular flexibility index (Phi) is 11.0. The molecule has 0 aliphatic carbocycles. The second-order valence-electron chi connectivity index (χ2n) is 11.4. The summed E-state index contributed by atoms with van der Waals surface area (Å²) in [4.78, 5) is 31.3. The second-order valence-corrected chi connectivity index (χ2v) is 11.4. The van der Waals surface area contributed by atoms with Gasteiger partial charge in [-0.2, -0.15) is 0 Å². The van der Waals surface area contributed by atoms with E-state index in [4.69, 9.17) is 14.2 Å². The number of ether oxygens (including phenoxy) is 3. The number of amides is 2. The molecule has 0 bridgehead atoms. The number of nitrogens with one attached hydrogen (secondary N) is 2. The average Bonchev–Trinajstić information content (AvgIpc) is 3.05. The van der Waals surface area contributed by atoms with E-state index in [0.29, 0.717) is 59.2 Å². The summed E-state index contributed by atoms with van der Waals surface area (Å²) in [6.45, 7) is 2.70. The van der Waals surface area contributed by atoms with E-state index in [1.807, 2.05) is 6.07 Å². The molecule has 1 saturated heterocycles. The zero-order valence-corrected chi connectivity index (χ0v) is 26.0. The fraction of sp³-hybridized carbons (Fsp3) is 0.343. The van der Waals surface area contributed by atoms with Crippen LogP contribution in [0.15, 0.2) is 66.9 Å². The van der Waals surface area contributed by atoms with Crippen molar-refractivity contribution in [3.05, 3.63) is 78.5 Å². The Labute approximate surface area is 266 Å². The Morgan fingerprint density at radius 3 is 2.20 bits per heavy atom. The number of nitrogens with zero attached hydrogens (tertiary/aromatic N) is 2. The van der Waals surface area contributed by atoms with E-state index in [2.05, 4.69) is 27.6 Å². The molecular weight excluding hydrogens is 594 g/mol. The number of hydrogen-bond acceptors (Lipinski definition) is 7. The molecule has 0 saturated carbocycles. The topological polar surface area (TPSA) is 102 Å². The van der Waals surface area contributed by atoms with Gasteiger partial charge in [-0.1, -0.05) is 0 Å². The van der Waals surface area contributed by atoms with Crippen LogP contribution < -0.4 is 24.8 Å². The first kappa shape index (κ1) is 32.6. The Morgan fingerprint density at radius 1 is 0.848 bits per heavy atom. The number of likely N-dealkylation sites (tertiary alicyclic amines) is 1. The van der Waals surface area contributed by atoms with Crippen LogP contribution in [0.25, 0.3) is 10.9 Å². The van der Waals surface area contributed by atoms with Crippen LogP contribution in [0.4, 0.5) is 20.2 Å². The van der Waals surface area contributed by atoms with E-state index >= 15 is 4.39 Å². The first-order chi connectivity index (χ1) is 22.3. The van der Waals surface area contributed by atoms with Crippen molar-refractivity contribution in [2.24, 2.45) is 5.92 Å². The third-order valence-corrected chi connectivity index (χ3v) is 7.92. The number of pyridine rings is 1. The average molecular weight is 633 g/mol. The van der Waals surface area contributed by atoms with Gasteiger partial charge in [-0.15, -0.1) is 0 Å². The SMILES string of the molecule is COc1cc2c(Oc3ccc(NC(=O)CCCCC(=O)Nc4ccc(F)cc4)cc3F)ccnc2cc1OCC1CCN(C)CC1. The van der Waals surface area contributed by atoms with E-state index < -0.39 is 5.82 Å². The largest absolute Gasteiger partial charge is 0.493 e. The van der Waals surface area contributed by atoms with E-state index in [-0.39, 0.29) is 41.9 Å². The lowest BCUT2D eigenvalue weighted by Gasteiger charge is -2.28. The summed E-state index contributed by atoms with van der Waals surface area (Å²) in [5, 5.41) is 6.00. The van der Waals surface area contributed by atoms with Gasteiger partial charge in [-0.05, 0) is 100 Å². The van der Waals surface area contributed by atoms with Crippen molar-refractivity contribution < 1.29 is 32.6 Å². The fourth-order valence-electron chi connectivity index (χ4n) is 5.26. The first-order valence-electron chi connectivity index (χ1n) is 15.4. The quantitative estimate of drug-likeness (QED) is 0.151. The number of carbonyl (C=O) groups is 2. The molecule has 46 heavy (non-hydrogen) atoms. The third-order valence-electron chi connectivity index (χ3n) is 7.92. The van der Waals surface area contributed by atoms with E-state index in [1.54, 1.807) is 31.5 Å². The number of carbonyl (C=O) groups excluding carboxylic acids is 2. The van der Waals surface area contributed by atoms with Crippen LogP contribution in [0.2, 0.25) is 0 Å². The molecule has 1 aliphatic heterocycles. The number of unbranched alkanes of at least 4 members (excludes halogenated alkanes) is 1. The Bertz CT molecular complexity index is 1660. The summed E-state index contributed by atoms with van der Waals surface area (Å²) in [6, 6.07) is 14.9. The van der Waals surface area contributed by atoms with Crippen molar-refractivity contribution in [1.29, 1.82) is 0 Å². The van der Waals surface area contributed by atoms with Crippen LogP contribution in [0, 0.1) is 17.6 Å². The lowest BCUT2D eigenvalue weighted by molar-refractivity contribution is -0.118. The molecule has 1 aromatic heterocycles. The normalized spacial score (nSPS) is 13.7. The summed E-state index contributed by atoms with van der Waals surface area (Å²) in [6.07, 6.45) is 5.08. The maximum atomic E-state index is 15.1. The molecule has 0 radical (unpaired) electrons. The van der Waals surface area contributed by atoms with Crippen LogP contribution in [-0.2, 0) is 9.59 Å². The zero-order valence-electron chi connectivity index (χ0n) is 26.0. The Morgan fingerprint density at radius 2 is 1.52 bits per heavy atom. The molecule has 2 amide bonds. The van der Waals surface area contributed by atoms with Gasteiger partial charge in [-0.25, -0.2) is 8.78 Å². The molecule has 4 aromatic rings. The lowest BCUT2D eigenvalue weighted by Crippen LogP contribution is -2.32.